The summed E-state index contributed by atoms with van der Waals surface area (Å²) in [4.78, 5) is 36.9. The summed E-state index contributed by atoms with van der Waals surface area (Å²) in [6, 6.07) is 13.0. The number of benzene rings is 2. The van der Waals surface area contributed by atoms with E-state index < -0.39 is 10.8 Å². The molecule has 2 aromatic carbocycles. The van der Waals surface area contributed by atoms with Crippen molar-refractivity contribution in [3.63, 3.8) is 0 Å². The van der Waals surface area contributed by atoms with Crippen LogP contribution >= 0.6 is 0 Å². The first-order chi connectivity index (χ1) is 13.5. The standard InChI is InChI=1S/C20H21N3O5/c1-28-17-9-7-14(8-10-17)18-6-3-11-22(18)19(24)13-21-20(25)15-4-2-5-16(12-15)23(26)27/h2,4-5,7-10,12,18H,3,6,11,13H2,1H3,(H,21,25)/t18-/m1/s1. The topological polar surface area (TPSA) is 102 Å². The minimum absolute atomic E-state index is 0.0341. The molecule has 8 nitrogen and oxygen atoms in total. The van der Waals surface area contributed by atoms with Gasteiger partial charge in [0.25, 0.3) is 11.6 Å². The van der Waals surface area contributed by atoms with Gasteiger partial charge in [0.1, 0.15) is 5.75 Å². The molecule has 0 spiro atoms. The Morgan fingerprint density at radius 2 is 2.00 bits per heavy atom. The number of nitro groups is 1. The number of carbonyl (C=O) groups excluding carboxylic acids is 2. The van der Waals surface area contributed by atoms with Gasteiger partial charge in [0.15, 0.2) is 0 Å². The van der Waals surface area contributed by atoms with Crippen molar-refractivity contribution in [2.24, 2.45) is 0 Å². The maximum absolute atomic E-state index is 12.6. The fraction of sp³-hybridized carbons (Fsp3) is 0.300. The smallest absolute Gasteiger partial charge is 0.270 e. The van der Waals surface area contributed by atoms with E-state index in [1.54, 1.807) is 12.0 Å². The van der Waals surface area contributed by atoms with Crippen LogP contribution in [0.3, 0.4) is 0 Å². The molecule has 2 aromatic rings. The zero-order valence-electron chi connectivity index (χ0n) is 15.5. The fourth-order valence-corrected chi connectivity index (χ4v) is 3.36. The van der Waals surface area contributed by atoms with Gasteiger partial charge in [0.2, 0.25) is 5.91 Å². The van der Waals surface area contributed by atoms with Gasteiger partial charge in [-0.1, -0.05) is 18.2 Å². The monoisotopic (exact) mass is 383 g/mol. The number of methoxy groups -OCH3 is 1. The van der Waals surface area contributed by atoms with Crippen molar-refractivity contribution in [3.8, 4) is 5.75 Å². The molecule has 0 saturated carbocycles. The normalized spacial score (nSPS) is 15.9. The molecule has 0 unspecified atom stereocenters. The minimum atomic E-state index is -0.564. The number of amides is 2. The lowest BCUT2D eigenvalue weighted by Crippen LogP contribution is -2.39. The van der Waals surface area contributed by atoms with Gasteiger partial charge >= 0.3 is 0 Å². The van der Waals surface area contributed by atoms with Gasteiger partial charge < -0.3 is 15.0 Å². The van der Waals surface area contributed by atoms with E-state index in [9.17, 15) is 19.7 Å². The molecule has 28 heavy (non-hydrogen) atoms. The molecule has 0 aliphatic carbocycles. The van der Waals surface area contributed by atoms with Gasteiger partial charge in [0, 0.05) is 24.2 Å². The summed E-state index contributed by atoms with van der Waals surface area (Å²) in [5.74, 6) is 0.0539. The number of carbonyl (C=O) groups is 2. The Morgan fingerprint density at radius 1 is 1.25 bits per heavy atom. The SMILES string of the molecule is COc1ccc([C@H]2CCCN2C(=O)CNC(=O)c2cccc([N+](=O)[O-])c2)cc1. The molecule has 1 saturated heterocycles. The van der Waals surface area contributed by atoms with E-state index in [0.717, 1.165) is 24.2 Å². The predicted octanol–water partition coefficient (Wildman–Crippen LogP) is 2.70. The van der Waals surface area contributed by atoms with E-state index in [0.29, 0.717) is 6.54 Å². The quantitative estimate of drug-likeness (QED) is 0.610. The third kappa shape index (κ3) is 4.28. The molecular formula is C20H21N3O5. The summed E-state index contributed by atoms with van der Waals surface area (Å²) in [6.07, 6.45) is 1.75. The molecule has 3 rings (SSSR count). The van der Waals surface area contributed by atoms with Gasteiger partial charge in [-0.05, 0) is 36.6 Å². The Balaban J connectivity index is 1.62. The number of hydrogen-bond donors (Lipinski definition) is 1. The van der Waals surface area contributed by atoms with E-state index in [1.807, 2.05) is 24.3 Å². The highest BCUT2D eigenvalue weighted by molar-refractivity contribution is 5.97. The second-order valence-electron chi connectivity index (χ2n) is 6.51. The van der Waals surface area contributed by atoms with Gasteiger partial charge in [-0.2, -0.15) is 0 Å². The number of nitrogens with zero attached hydrogens (tertiary/aromatic N) is 2. The van der Waals surface area contributed by atoms with Crippen LogP contribution in [-0.4, -0.2) is 41.8 Å². The van der Waals surface area contributed by atoms with E-state index in [2.05, 4.69) is 5.32 Å². The Bertz CT molecular complexity index is 882. The molecule has 146 valence electrons. The minimum Gasteiger partial charge on any atom is -0.497 e. The number of nitro benzene ring substituents is 1. The van der Waals surface area contributed by atoms with Crippen LogP contribution in [0.25, 0.3) is 0 Å². The van der Waals surface area contributed by atoms with Crippen LogP contribution in [0, 0.1) is 10.1 Å². The Hall–Kier alpha value is -3.42. The fourth-order valence-electron chi connectivity index (χ4n) is 3.36. The van der Waals surface area contributed by atoms with Crippen LogP contribution < -0.4 is 10.1 Å². The number of rotatable bonds is 6. The third-order valence-corrected chi connectivity index (χ3v) is 4.79. The Kier molecular flexibility index (Phi) is 5.88. The van der Waals surface area contributed by atoms with Gasteiger partial charge in [-0.15, -0.1) is 0 Å². The molecule has 1 aliphatic rings. The number of ether oxygens (including phenoxy) is 1. The third-order valence-electron chi connectivity index (χ3n) is 4.79. The summed E-state index contributed by atoms with van der Waals surface area (Å²) in [5, 5.41) is 13.4. The van der Waals surface area contributed by atoms with Crippen LogP contribution in [0.1, 0.15) is 34.8 Å². The maximum atomic E-state index is 12.6. The molecule has 1 heterocycles. The second-order valence-corrected chi connectivity index (χ2v) is 6.51. The van der Waals surface area contributed by atoms with Crippen molar-refractivity contribution >= 4 is 17.5 Å². The lowest BCUT2D eigenvalue weighted by atomic mass is 10.0. The lowest BCUT2D eigenvalue weighted by Gasteiger charge is -2.25. The van der Waals surface area contributed by atoms with Gasteiger partial charge in [-0.3, -0.25) is 19.7 Å². The van der Waals surface area contributed by atoms with Gasteiger partial charge in [0.05, 0.1) is 24.6 Å². The van der Waals surface area contributed by atoms with E-state index in [4.69, 9.17) is 4.74 Å². The summed E-state index contributed by atoms with van der Waals surface area (Å²) >= 11 is 0. The zero-order chi connectivity index (χ0) is 20.1. The average molecular weight is 383 g/mol. The Morgan fingerprint density at radius 3 is 2.68 bits per heavy atom. The molecule has 8 heteroatoms. The highest BCUT2D eigenvalue weighted by atomic mass is 16.6. The highest BCUT2D eigenvalue weighted by Crippen LogP contribution is 2.32. The molecule has 1 fully saturated rings. The van der Waals surface area contributed by atoms with Crippen molar-refractivity contribution in [2.45, 2.75) is 18.9 Å². The molecule has 2 amide bonds. The van der Waals surface area contributed by atoms with Crippen molar-refractivity contribution in [3.05, 3.63) is 69.8 Å². The first kappa shape index (κ1) is 19.3. The van der Waals surface area contributed by atoms with Crippen LogP contribution in [0.4, 0.5) is 5.69 Å². The first-order valence-electron chi connectivity index (χ1n) is 8.95. The van der Waals surface area contributed by atoms with Crippen LogP contribution in [0.15, 0.2) is 48.5 Å². The molecule has 0 bridgehead atoms. The maximum Gasteiger partial charge on any atom is 0.270 e. The zero-order valence-corrected chi connectivity index (χ0v) is 15.5. The summed E-state index contributed by atoms with van der Waals surface area (Å²) < 4.78 is 5.17. The van der Waals surface area contributed by atoms with Crippen molar-refractivity contribution in [2.75, 3.05) is 20.2 Å². The lowest BCUT2D eigenvalue weighted by molar-refractivity contribution is -0.384. The van der Waals surface area contributed by atoms with Crippen molar-refractivity contribution in [1.82, 2.24) is 10.2 Å². The number of likely N-dealkylation sites (tertiary alicyclic amines) is 1. The molecule has 1 N–H and O–H groups in total. The number of nitrogens with one attached hydrogen (secondary N) is 1. The second kappa shape index (κ2) is 8.51. The molecule has 0 aromatic heterocycles. The van der Waals surface area contributed by atoms with E-state index >= 15 is 0 Å². The van der Waals surface area contributed by atoms with Gasteiger partial charge in [-0.25, -0.2) is 0 Å². The van der Waals surface area contributed by atoms with Crippen LogP contribution in [0.2, 0.25) is 0 Å². The Labute approximate surface area is 162 Å². The summed E-state index contributed by atoms with van der Waals surface area (Å²) in [6.45, 7) is 0.469. The molecule has 0 radical (unpaired) electrons. The molecule has 1 atom stereocenters. The molecule has 1 aliphatic heterocycles. The number of non-ortho nitro benzene ring substituents is 1. The summed E-state index contributed by atoms with van der Waals surface area (Å²) in [5.41, 5.74) is 1.00. The highest BCUT2D eigenvalue weighted by Gasteiger charge is 2.30. The predicted molar refractivity (Wildman–Crippen MR) is 102 cm³/mol. The largest absolute Gasteiger partial charge is 0.497 e. The van der Waals surface area contributed by atoms with Crippen LogP contribution in [-0.2, 0) is 4.79 Å². The molecular weight excluding hydrogens is 362 g/mol. The number of hydrogen-bond acceptors (Lipinski definition) is 5. The average Bonchev–Trinajstić information content (AvgIpc) is 3.22. The van der Waals surface area contributed by atoms with Crippen LogP contribution in [0.5, 0.6) is 5.75 Å². The van der Waals surface area contributed by atoms with Crippen molar-refractivity contribution < 1.29 is 19.2 Å². The van der Waals surface area contributed by atoms with Crippen molar-refractivity contribution in [1.29, 1.82) is 0 Å². The summed E-state index contributed by atoms with van der Waals surface area (Å²) in [7, 11) is 1.60. The van der Waals surface area contributed by atoms with E-state index in [1.165, 1.54) is 24.3 Å². The first-order valence-corrected chi connectivity index (χ1v) is 8.95. The van der Waals surface area contributed by atoms with E-state index in [-0.39, 0.29) is 29.7 Å².